The Morgan fingerprint density at radius 3 is 2.38 bits per heavy atom. The first kappa shape index (κ1) is 16.5. The SMILES string of the molecule is N#Cc1c(C(F)(F)F)cc(-c2cccs2)nc1-c1ccc(Cl)cc1. The summed E-state index contributed by atoms with van der Waals surface area (Å²) in [5.74, 6) is 0. The minimum Gasteiger partial charge on any atom is -0.246 e. The Kier molecular flexibility index (Phi) is 4.31. The van der Waals surface area contributed by atoms with Crippen LogP contribution in [0.2, 0.25) is 5.02 Å². The average Bonchev–Trinajstić information content (AvgIpc) is 3.08. The summed E-state index contributed by atoms with van der Waals surface area (Å²) in [5, 5.41) is 11.5. The third kappa shape index (κ3) is 3.14. The van der Waals surface area contributed by atoms with E-state index in [9.17, 15) is 18.4 Å². The first-order valence-electron chi connectivity index (χ1n) is 6.72. The number of alkyl halides is 3. The summed E-state index contributed by atoms with van der Waals surface area (Å²) in [6.07, 6.45) is -4.65. The molecule has 0 saturated carbocycles. The Balaban J connectivity index is 2.32. The van der Waals surface area contributed by atoms with Crippen LogP contribution in [0.4, 0.5) is 13.2 Å². The lowest BCUT2D eigenvalue weighted by Crippen LogP contribution is -2.10. The van der Waals surface area contributed by atoms with E-state index in [0.29, 0.717) is 15.5 Å². The number of rotatable bonds is 2. The van der Waals surface area contributed by atoms with Crippen molar-refractivity contribution in [3.05, 3.63) is 64.0 Å². The Morgan fingerprint density at radius 2 is 1.83 bits per heavy atom. The van der Waals surface area contributed by atoms with E-state index < -0.39 is 17.3 Å². The zero-order chi connectivity index (χ0) is 17.3. The second-order valence-corrected chi connectivity index (χ2v) is 6.26. The van der Waals surface area contributed by atoms with Gasteiger partial charge >= 0.3 is 6.18 Å². The Labute approximate surface area is 144 Å². The fourth-order valence-corrected chi connectivity index (χ4v) is 3.06. The van der Waals surface area contributed by atoms with Crippen LogP contribution in [0, 0.1) is 11.3 Å². The molecule has 0 aliphatic carbocycles. The van der Waals surface area contributed by atoms with Crippen LogP contribution in [0.25, 0.3) is 21.8 Å². The quantitative estimate of drug-likeness (QED) is 0.557. The molecular formula is C17H8ClF3N2S. The highest BCUT2D eigenvalue weighted by molar-refractivity contribution is 7.13. The van der Waals surface area contributed by atoms with Crippen LogP contribution in [0.1, 0.15) is 11.1 Å². The average molecular weight is 365 g/mol. The van der Waals surface area contributed by atoms with E-state index in [-0.39, 0.29) is 11.4 Å². The van der Waals surface area contributed by atoms with E-state index in [4.69, 9.17) is 11.6 Å². The molecule has 7 heteroatoms. The summed E-state index contributed by atoms with van der Waals surface area (Å²) in [6.45, 7) is 0. The third-order valence-electron chi connectivity index (χ3n) is 3.33. The van der Waals surface area contributed by atoms with Gasteiger partial charge in [0.15, 0.2) is 0 Å². The van der Waals surface area contributed by atoms with Gasteiger partial charge in [-0.05, 0) is 29.6 Å². The molecular weight excluding hydrogens is 357 g/mol. The molecule has 120 valence electrons. The first-order chi connectivity index (χ1) is 11.4. The molecule has 0 aliphatic heterocycles. The minimum atomic E-state index is -4.65. The lowest BCUT2D eigenvalue weighted by Gasteiger charge is -2.14. The first-order valence-corrected chi connectivity index (χ1v) is 7.98. The second kappa shape index (κ2) is 6.27. The van der Waals surface area contributed by atoms with Crippen LogP contribution in [0.15, 0.2) is 47.8 Å². The summed E-state index contributed by atoms with van der Waals surface area (Å²) in [5.41, 5.74) is -0.910. The van der Waals surface area contributed by atoms with Crippen molar-refractivity contribution < 1.29 is 13.2 Å². The molecule has 0 N–H and O–H groups in total. The van der Waals surface area contributed by atoms with E-state index in [2.05, 4.69) is 4.98 Å². The summed E-state index contributed by atoms with van der Waals surface area (Å²) < 4.78 is 40.3. The van der Waals surface area contributed by atoms with E-state index in [1.54, 1.807) is 47.8 Å². The Hall–Kier alpha value is -2.36. The molecule has 0 fully saturated rings. The van der Waals surface area contributed by atoms with Gasteiger partial charge in [-0.25, -0.2) is 4.98 Å². The molecule has 3 rings (SSSR count). The van der Waals surface area contributed by atoms with Crippen molar-refractivity contribution >= 4 is 22.9 Å². The van der Waals surface area contributed by atoms with Crippen molar-refractivity contribution in [1.82, 2.24) is 4.98 Å². The Morgan fingerprint density at radius 1 is 1.12 bits per heavy atom. The van der Waals surface area contributed by atoms with Gasteiger partial charge in [0.1, 0.15) is 6.07 Å². The zero-order valence-electron chi connectivity index (χ0n) is 11.9. The minimum absolute atomic E-state index is 0.00704. The highest BCUT2D eigenvalue weighted by atomic mass is 35.5. The molecule has 0 spiro atoms. The number of pyridine rings is 1. The number of hydrogen-bond acceptors (Lipinski definition) is 3. The van der Waals surface area contributed by atoms with Crippen molar-refractivity contribution in [2.75, 3.05) is 0 Å². The molecule has 0 saturated heterocycles. The Bertz CT molecular complexity index is 911. The molecule has 2 heterocycles. The summed E-state index contributed by atoms with van der Waals surface area (Å²) in [6, 6.07) is 12.2. The fourth-order valence-electron chi connectivity index (χ4n) is 2.25. The number of halogens is 4. The third-order valence-corrected chi connectivity index (χ3v) is 4.47. The number of thiophene rings is 1. The maximum absolute atomic E-state index is 13.4. The van der Waals surface area contributed by atoms with Gasteiger partial charge in [0, 0.05) is 10.6 Å². The molecule has 0 atom stereocenters. The molecule has 2 nitrogen and oxygen atoms in total. The molecule has 0 aliphatic rings. The van der Waals surface area contributed by atoms with Crippen molar-refractivity contribution in [1.29, 1.82) is 5.26 Å². The largest absolute Gasteiger partial charge is 0.417 e. The smallest absolute Gasteiger partial charge is 0.246 e. The highest BCUT2D eigenvalue weighted by Gasteiger charge is 2.36. The molecule has 2 aromatic heterocycles. The number of nitriles is 1. The lowest BCUT2D eigenvalue weighted by molar-refractivity contribution is -0.137. The van der Waals surface area contributed by atoms with Crippen LogP contribution in [0.5, 0.6) is 0 Å². The molecule has 3 aromatic rings. The predicted molar refractivity (Wildman–Crippen MR) is 87.7 cm³/mol. The van der Waals surface area contributed by atoms with Crippen LogP contribution < -0.4 is 0 Å². The van der Waals surface area contributed by atoms with Crippen molar-refractivity contribution in [2.45, 2.75) is 6.18 Å². The lowest BCUT2D eigenvalue weighted by atomic mass is 10.00. The van der Waals surface area contributed by atoms with Crippen molar-refractivity contribution in [3.8, 4) is 27.9 Å². The second-order valence-electron chi connectivity index (χ2n) is 4.87. The summed E-state index contributed by atoms with van der Waals surface area (Å²) in [7, 11) is 0. The van der Waals surface area contributed by atoms with Gasteiger partial charge in [-0.2, -0.15) is 18.4 Å². The zero-order valence-corrected chi connectivity index (χ0v) is 13.5. The maximum Gasteiger partial charge on any atom is 0.417 e. The molecule has 1 aromatic carbocycles. The van der Waals surface area contributed by atoms with Gasteiger partial charge in [-0.3, -0.25) is 0 Å². The number of benzene rings is 1. The number of aromatic nitrogens is 1. The van der Waals surface area contributed by atoms with Gasteiger partial charge < -0.3 is 0 Å². The van der Waals surface area contributed by atoms with Crippen molar-refractivity contribution in [2.24, 2.45) is 0 Å². The van der Waals surface area contributed by atoms with E-state index in [0.717, 1.165) is 6.07 Å². The summed E-state index contributed by atoms with van der Waals surface area (Å²) in [4.78, 5) is 4.90. The topological polar surface area (TPSA) is 36.7 Å². The molecule has 0 unspecified atom stereocenters. The monoisotopic (exact) mass is 364 g/mol. The van der Waals surface area contributed by atoms with E-state index in [1.165, 1.54) is 11.3 Å². The van der Waals surface area contributed by atoms with Gasteiger partial charge in [0.2, 0.25) is 0 Å². The maximum atomic E-state index is 13.4. The standard InChI is InChI=1S/C17H8ClF3N2S/c18-11-5-3-10(4-6-11)16-12(9-22)13(17(19,20)21)8-14(23-16)15-2-1-7-24-15/h1-8H. The van der Waals surface area contributed by atoms with E-state index in [1.807, 2.05) is 0 Å². The molecule has 0 amide bonds. The van der Waals surface area contributed by atoms with Gasteiger partial charge in [-0.15, -0.1) is 11.3 Å². The number of nitrogens with zero attached hydrogens (tertiary/aromatic N) is 2. The van der Waals surface area contributed by atoms with Gasteiger partial charge in [0.05, 0.1) is 27.4 Å². The van der Waals surface area contributed by atoms with Gasteiger partial charge in [-0.1, -0.05) is 29.8 Å². The molecule has 0 bridgehead atoms. The normalized spacial score (nSPS) is 11.3. The molecule has 24 heavy (non-hydrogen) atoms. The fraction of sp³-hybridized carbons (Fsp3) is 0.0588. The predicted octanol–water partition coefficient (Wildman–Crippen LogP) is 6.02. The summed E-state index contributed by atoms with van der Waals surface area (Å²) >= 11 is 7.11. The highest BCUT2D eigenvalue weighted by Crippen LogP contribution is 2.39. The van der Waals surface area contributed by atoms with Crippen LogP contribution in [-0.2, 0) is 6.18 Å². The van der Waals surface area contributed by atoms with E-state index >= 15 is 0 Å². The molecule has 0 radical (unpaired) electrons. The van der Waals surface area contributed by atoms with Crippen LogP contribution in [-0.4, -0.2) is 4.98 Å². The number of hydrogen-bond donors (Lipinski definition) is 0. The van der Waals surface area contributed by atoms with Crippen molar-refractivity contribution in [3.63, 3.8) is 0 Å². The van der Waals surface area contributed by atoms with Crippen LogP contribution in [0.3, 0.4) is 0 Å². The van der Waals surface area contributed by atoms with Gasteiger partial charge in [0.25, 0.3) is 0 Å². The van der Waals surface area contributed by atoms with Crippen LogP contribution >= 0.6 is 22.9 Å².